The predicted molar refractivity (Wildman–Crippen MR) is 35.4 cm³/mol. The molecule has 1 atom stereocenters. The molecule has 0 N–H and O–H groups in total. The van der Waals surface area contributed by atoms with Crippen molar-refractivity contribution < 1.29 is 19.1 Å². The standard InChI is InChI=1S/C7H8O4/c1-4(8)3-6-10-5(2)7(9)11-6/h3,5H,1-2H3. The van der Waals surface area contributed by atoms with Gasteiger partial charge >= 0.3 is 5.97 Å². The molecule has 0 bridgehead atoms. The summed E-state index contributed by atoms with van der Waals surface area (Å²) in [6.07, 6.45) is 0.544. The number of carbonyl (C=O) groups is 2. The van der Waals surface area contributed by atoms with E-state index in [-0.39, 0.29) is 11.7 Å². The molecule has 1 saturated heterocycles. The Bertz CT molecular complexity index is 229. The maximum atomic E-state index is 10.7. The molecule has 0 aromatic carbocycles. The predicted octanol–water partition coefficient (Wildman–Crippen LogP) is 0.379. The molecule has 1 rings (SSSR count). The first kappa shape index (κ1) is 7.78. The van der Waals surface area contributed by atoms with Gasteiger partial charge in [0.25, 0.3) is 5.95 Å². The van der Waals surface area contributed by atoms with E-state index >= 15 is 0 Å². The Labute approximate surface area is 63.8 Å². The molecule has 0 aromatic heterocycles. The van der Waals surface area contributed by atoms with Crippen molar-refractivity contribution in [3.63, 3.8) is 0 Å². The van der Waals surface area contributed by atoms with Gasteiger partial charge in [0.1, 0.15) is 0 Å². The minimum Gasteiger partial charge on any atom is -0.450 e. The maximum Gasteiger partial charge on any atom is 0.354 e. The van der Waals surface area contributed by atoms with Gasteiger partial charge in [0.05, 0.1) is 6.08 Å². The van der Waals surface area contributed by atoms with Crippen LogP contribution < -0.4 is 0 Å². The van der Waals surface area contributed by atoms with Crippen molar-refractivity contribution in [2.45, 2.75) is 20.0 Å². The molecule has 0 amide bonds. The lowest BCUT2D eigenvalue weighted by Gasteiger charge is -1.94. The molecule has 0 radical (unpaired) electrons. The fourth-order valence-electron chi connectivity index (χ4n) is 0.658. The highest BCUT2D eigenvalue weighted by atomic mass is 16.7. The summed E-state index contributed by atoms with van der Waals surface area (Å²) in [6, 6.07) is 0. The number of carbonyl (C=O) groups excluding carboxylic acids is 2. The van der Waals surface area contributed by atoms with Gasteiger partial charge in [-0.2, -0.15) is 0 Å². The van der Waals surface area contributed by atoms with E-state index in [9.17, 15) is 9.59 Å². The first-order chi connectivity index (χ1) is 5.09. The summed E-state index contributed by atoms with van der Waals surface area (Å²) >= 11 is 0. The van der Waals surface area contributed by atoms with E-state index in [0.29, 0.717) is 0 Å². The number of allylic oxidation sites excluding steroid dienone is 1. The zero-order chi connectivity index (χ0) is 8.43. The van der Waals surface area contributed by atoms with Crippen molar-refractivity contribution in [2.24, 2.45) is 0 Å². The third kappa shape index (κ3) is 1.80. The number of hydrogen-bond acceptors (Lipinski definition) is 4. The van der Waals surface area contributed by atoms with Crippen molar-refractivity contribution in [1.82, 2.24) is 0 Å². The van der Waals surface area contributed by atoms with Crippen molar-refractivity contribution in [2.75, 3.05) is 0 Å². The Kier molecular flexibility index (Phi) is 1.94. The molecule has 1 unspecified atom stereocenters. The van der Waals surface area contributed by atoms with Gasteiger partial charge in [-0.15, -0.1) is 0 Å². The van der Waals surface area contributed by atoms with Crippen LogP contribution in [0.15, 0.2) is 12.0 Å². The van der Waals surface area contributed by atoms with E-state index < -0.39 is 12.1 Å². The van der Waals surface area contributed by atoms with Gasteiger partial charge in [-0.05, 0) is 13.8 Å². The summed E-state index contributed by atoms with van der Waals surface area (Å²) in [5.41, 5.74) is 0. The number of hydrogen-bond donors (Lipinski definition) is 0. The molecule has 1 fully saturated rings. The van der Waals surface area contributed by atoms with Gasteiger partial charge in [-0.1, -0.05) is 0 Å². The topological polar surface area (TPSA) is 52.6 Å². The normalized spacial score (nSPS) is 26.5. The Hall–Kier alpha value is -1.32. The molecule has 4 nitrogen and oxygen atoms in total. The fourth-order valence-corrected chi connectivity index (χ4v) is 0.658. The number of ketones is 1. The zero-order valence-corrected chi connectivity index (χ0v) is 6.29. The van der Waals surface area contributed by atoms with Crippen LogP contribution in [0.5, 0.6) is 0 Å². The molecule has 1 aliphatic heterocycles. The van der Waals surface area contributed by atoms with Gasteiger partial charge in [0.2, 0.25) is 0 Å². The van der Waals surface area contributed by atoms with Crippen molar-refractivity contribution in [3.05, 3.63) is 12.0 Å². The third-order valence-electron chi connectivity index (χ3n) is 1.15. The zero-order valence-electron chi connectivity index (χ0n) is 6.29. The number of ether oxygens (including phenoxy) is 2. The largest absolute Gasteiger partial charge is 0.450 e. The van der Waals surface area contributed by atoms with Crippen LogP contribution in [-0.4, -0.2) is 17.9 Å². The number of rotatable bonds is 1. The molecule has 4 heteroatoms. The van der Waals surface area contributed by atoms with E-state index in [1.54, 1.807) is 6.92 Å². The average Bonchev–Trinajstić information content (AvgIpc) is 2.10. The average molecular weight is 156 g/mol. The molecule has 0 aliphatic carbocycles. The molecule has 0 aromatic rings. The van der Waals surface area contributed by atoms with E-state index in [4.69, 9.17) is 4.74 Å². The lowest BCUT2D eigenvalue weighted by Crippen LogP contribution is -2.09. The molecule has 1 heterocycles. The number of cyclic esters (lactones) is 1. The molecular formula is C7H8O4. The molecule has 11 heavy (non-hydrogen) atoms. The van der Waals surface area contributed by atoms with E-state index in [1.807, 2.05) is 0 Å². The molecular weight excluding hydrogens is 148 g/mol. The Morgan fingerprint density at radius 3 is 2.64 bits per heavy atom. The van der Waals surface area contributed by atoms with Crippen LogP contribution in [-0.2, 0) is 19.1 Å². The van der Waals surface area contributed by atoms with E-state index in [0.717, 1.165) is 6.08 Å². The highest BCUT2D eigenvalue weighted by Gasteiger charge is 2.27. The van der Waals surface area contributed by atoms with Crippen LogP contribution in [0.4, 0.5) is 0 Å². The summed E-state index contributed by atoms with van der Waals surface area (Å²) in [6.45, 7) is 2.91. The van der Waals surface area contributed by atoms with Crippen LogP contribution >= 0.6 is 0 Å². The van der Waals surface area contributed by atoms with Crippen molar-refractivity contribution >= 4 is 11.8 Å². The van der Waals surface area contributed by atoms with E-state index in [1.165, 1.54) is 6.92 Å². The Morgan fingerprint density at radius 2 is 2.27 bits per heavy atom. The summed E-state index contributed by atoms with van der Waals surface area (Å²) in [7, 11) is 0. The first-order valence-corrected chi connectivity index (χ1v) is 3.20. The monoisotopic (exact) mass is 156 g/mol. The second-order valence-electron chi connectivity index (χ2n) is 2.26. The summed E-state index contributed by atoms with van der Waals surface area (Å²) in [5.74, 6) is -0.672. The van der Waals surface area contributed by atoms with Crippen LogP contribution in [0.3, 0.4) is 0 Å². The van der Waals surface area contributed by atoms with Gasteiger partial charge in [0, 0.05) is 0 Å². The lowest BCUT2D eigenvalue weighted by molar-refractivity contribution is -0.137. The Balaban J connectivity index is 2.67. The second kappa shape index (κ2) is 2.74. The molecule has 60 valence electrons. The van der Waals surface area contributed by atoms with Gasteiger partial charge in [-0.25, -0.2) is 4.79 Å². The van der Waals surface area contributed by atoms with Crippen LogP contribution in [0.25, 0.3) is 0 Å². The third-order valence-corrected chi connectivity index (χ3v) is 1.15. The lowest BCUT2D eigenvalue weighted by atomic mass is 10.4. The smallest absolute Gasteiger partial charge is 0.354 e. The first-order valence-electron chi connectivity index (χ1n) is 3.20. The second-order valence-corrected chi connectivity index (χ2v) is 2.26. The summed E-state index contributed by atoms with van der Waals surface area (Å²) < 4.78 is 9.42. The van der Waals surface area contributed by atoms with E-state index in [2.05, 4.69) is 4.74 Å². The highest BCUT2D eigenvalue weighted by Crippen LogP contribution is 2.15. The quantitative estimate of drug-likeness (QED) is 0.406. The molecule has 0 saturated carbocycles. The molecule has 0 spiro atoms. The Morgan fingerprint density at radius 1 is 1.64 bits per heavy atom. The highest BCUT2D eigenvalue weighted by molar-refractivity contribution is 5.88. The maximum absolute atomic E-state index is 10.7. The minimum atomic E-state index is -0.597. The molecule has 1 aliphatic rings. The fraction of sp³-hybridized carbons (Fsp3) is 0.429. The van der Waals surface area contributed by atoms with Crippen molar-refractivity contribution in [1.29, 1.82) is 0 Å². The van der Waals surface area contributed by atoms with Crippen LogP contribution in [0.2, 0.25) is 0 Å². The summed E-state index contributed by atoms with van der Waals surface area (Å²) in [4.78, 5) is 21.1. The van der Waals surface area contributed by atoms with Crippen molar-refractivity contribution in [3.8, 4) is 0 Å². The van der Waals surface area contributed by atoms with Gasteiger partial charge < -0.3 is 9.47 Å². The van der Waals surface area contributed by atoms with Crippen LogP contribution in [0, 0.1) is 0 Å². The van der Waals surface area contributed by atoms with Gasteiger partial charge in [-0.3, -0.25) is 4.79 Å². The van der Waals surface area contributed by atoms with Gasteiger partial charge in [0.15, 0.2) is 11.9 Å². The minimum absolute atomic E-state index is 0.00463. The van der Waals surface area contributed by atoms with Crippen LogP contribution in [0.1, 0.15) is 13.8 Å². The SMILES string of the molecule is CC(=O)C=C1OC(=O)C(C)O1. The summed E-state index contributed by atoms with van der Waals surface area (Å²) in [5, 5.41) is 0. The number of esters is 1.